The van der Waals surface area contributed by atoms with Crippen molar-refractivity contribution in [2.75, 3.05) is 38.8 Å². The first kappa shape index (κ1) is 14.3. The molecule has 0 saturated carbocycles. The van der Waals surface area contributed by atoms with E-state index in [0.717, 1.165) is 32.6 Å². The quantitative estimate of drug-likeness (QED) is 0.772. The Morgan fingerprint density at radius 1 is 1.44 bits per heavy atom. The lowest BCUT2D eigenvalue weighted by Crippen LogP contribution is -2.59. The highest BCUT2D eigenvalue weighted by atomic mass is 32.2. The second kappa shape index (κ2) is 6.84. The molecule has 1 unspecified atom stereocenters. The molecule has 96 valence electrons. The first-order chi connectivity index (χ1) is 7.70. The maximum atomic E-state index is 6.02. The highest BCUT2D eigenvalue weighted by Crippen LogP contribution is 2.29. The fraction of sp³-hybridized carbons (Fsp3) is 1.00. The number of hydrogen-bond acceptors (Lipinski definition) is 4. The Morgan fingerprint density at radius 2 is 2.06 bits per heavy atom. The molecule has 0 aliphatic carbocycles. The van der Waals surface area contributed by atoms with E-state index in [1.807, 2.05) is 11.8 Å². The SMILES string of the molecule is CCC(CSC)N(C)C1(CN)CCOCC1. The first-order valence-corrected chi connectivity index (χ1v) is 7.59. The van der Waals surface area contributed by atoms with E-state index in [2.05, 4.69) is 25.1 Å². The van der Waals surface area contributed by atoms with Gasteiger partial charge in [0.15, 0.2) is 0 Å². The summed E-state index contributed by atoms with van der Waals surface area (Å²) in [5.41, 5.74) is 6.20. The Bertz CT molecular complexity index is 195. The van der Waals surface area contributed by atoms with Gasteiger partial charge in [-0.15, -0.1) is 0 Å². The summed E-state index contributed by atoms with van der Waals surface area (Å²) in [6.07, 6.45) is 5.52. The van der Waals surface area contributed by atoms with Crippen LogP contribution in [0, 0.1) is 0 Å². The lowest BCUT2D eigenvalue weighted by molar-refractivity contribution is -0.0273. The van der Waals surface area contributed by atoms with Gasteiger partial charge < -0.3 is 10.5 Å². The second-order valence-corrected chi connectivity index (χ2v) is 5.58. The zero-order chi connectivity index (χ0) is 12.0. The number of hydrogen-bond donors (Lipinski definition) is 1. The monoisotopic (exact) mass is 246 g/mol. The Balaban J connectivity index is 2.68. The van der Waals surface area contributed by atoms with Crippen LogP contribution in [0.25, 0.3) is 0 Å². The molecule has 0 aromatic carbocycles. The third kappa shape index (κ3) is 3.13. The third-order valence-electron chi connectivity index (χ3n) is 3.93. The maximum Gasteiger partial charge on any atom is 0.0484 e. The molecular weight excluding hydrogens is 220 g/mol. The maximum absolute atomic E-state index is 6.02. The average Bonchev–Trinajstić information content (AvgIpc) is 2.36. The molecule has 0 aromatic rings. The molecule has 1 rings (SSSR count). The number of rotatable bonds is 6. The lowest BCUT2D eigenvalue weighted by Gasteiger charge is -2.47. The number of likely N-dealkylation sites (N-methyl/N-ethyl adjacent to an activating group) is 1. The van der Waals surface area contributed by atoms with E-state index in [4.69, 9.17) is 10.5 Å². The highest BCUT2D eigenvalue weighted by molar-refractivity contribution is 7.98. The van der Waals surface area contributed by atoms with Crippen molar-refractivity contribution in [3.8, 4) is 0 Å². The molecule has 0 amide bonds. The van der Waals surface area contributed by atoms with Gasteiger partial charge in [0, 0.05) is 37.1 Å². The van der Waals surface area contributed by atoms with Gasteiger partial charge in [0.1, 0.15) is 0 Å². The van der Waals surface area contributed by atoms with Crippen molar-refractivity contribution in [3.05, 3.63) is 0 Å². The largest absolute Gasteiger partial charge is 0.381 e. The molecule has 4 heteroatoms. The van der Waals surface area contributed by atoms with Gasteiger partial charge in [-0.1, -0.05) is 6.92 Å². The average molecular weight is 246 g/mol. The van der Waals surface area contributed by atoms with Crippen molar-refractivity contribution in [2.45, 2.75) is 37.8 Å². The zero-order valence-electron chi connectivity index (χ0n) is 10.9. The molecule has 1 heterocycles. The fourth-order valence-corrected chi connectivity index (χ4v) is 3.38. The molecule has 1 saturated heterocycles. The van der Waals surface area contributed by atoms with Crippen LogP contribution in [-0.4, -0.2) is 55.3 Å². The van der Waals surface area contributed by atoms with E-state index in [1.165, 1.54) is 12.2 Å². The third-order valence-corrected chi connectivity index (χ3v) is 4.65. The molecule has 16 heavy (non-hydrogen) atoms. The molecule has 1 aliphatic heterocycles. The minimum atomic E-state index is 0.175. The Hall–Kier alpha value is 0.230. The summed E-state index contributed by atoms with van der Waals surface area (Å²) in [5.74, 6) is 1.19. The molecule has 1 fully saturated rings. The van der Waals surface area contributed by atoms with E-state index in [1.54, 1.807) is 0 Å². The Morgan fingerprint density at radius 3 is 2.50 bits per heavy atom. The van der Waals surface area contributed by atoms with Crippen molar-refractivity contribution >= 4 is 11.8 Å². The second-order valence-electron chi connectivity index (χ2n) is 4.67. The van der Waals surface area contributed by atoms with Crippen LogP contribution in [0.4, 0.5) is 0 Å². The van der Waals surface area contributed by atoms with Gasteiger partial charge >= 0.3 is 0 Å². The summed E-state index contributed by atoms with van der Waals surface area (Å²) in [6.45, 7) is 4.73. The molecule has 2 N–H and O–H groups in total. The Labute approximate surface area is 104 Å². The summed E-state index contributed by atoms with van der Waals surface area (Å²) < 4.78 is 5.46. The van der Waals surface area contributed by atoms with Crippen molar-refractivity contribution in [2.24, 2.45) is 5.73 Å². The van der Waals surface area contributed by atoms with Gasteiger partial charge in [-0.05, 0) is 32.6 Å². The minimum absolute atomic E-state index is 0.175. The summed E-state index contributed by atoms with van der Waals surface area (Å²) in [4.78, 5) is 2.52. The number of thioether (sulfide) groups is 1. The predicted octanol–water partition coefficient (Wildman–Crippen LogP) is 1.57. The van der Waals surface area contributed by atoms with Crippen LogP contribution in [0.2, 0.25) is 0 Å². The van der Waals surface area contributed by atoms with Gasteiger partial charge in [0.25, 0.3) is 0 Å². The molecule has 0 bridgehead atoms. The van der Waals surface area contributed by atoms with Gasteiger partial charge in [-0.3, -0.25) is 4.90 Å². The Kier molecular flexibility index (Phi) is 6.11. The molecule has 0 radical (unpaired) electrons. The van der Waals surface area contributed by atoms with Gasteiger partial charge in [-0.25, -0.2) is 0 Å². The molecule has 1 atom stereocenters. The standard InChI is InChI=1S/C12H26N2OS/c1-4-11(9-16-3)14(2)12(10-13)5-7-15-8-6-12/h11H,4-10,13H2,1-3H3. The normalized spacial score (nSPS) is 22.3. The summed E-state index contributed by atoms with van der Waals surface area (Å²) in [7, 11) is 2.24. The summed E-state index contributed by atoms with van der Waals surface area (Å²) in [6, 6.07) is 0.636. The van der Waals surface area contributed by atoms with Crippen molar-refractivity contribution in [1.29, 1.82) is 0 Å². The van der Waals surface area contributed by atoms with Crippen LogP contribution >= 0.6 is 11.8 Å². The van der Waals surface area contributed by atoms with Gasteiger partial charge in [0.2, 0.25) is 0 Å². The topological polar surface area (TPSA) is 38.5 Å². The lowest BCUT2D eigenvalue weighted by atomic mass is 9.87. The molecule has 1 aliphatic rings. The van der Waals surface area contributed by atoms with Crippen molar-refractivity contribution in [3.63, 3.8) is 0 Å². The van der Waals surface area contributed by atoms with E-state index < -0.39 is 0 Å². The molecular formula is C12H26N2OS. The van der Waals surface area contributed by atoms with Crippen LogP contribution in [0.3, 0.4) is 0 Å². The van der Waals surface area contributed by atoms with Crippen LogP contribution in [-0.2, 0) is 4.74 Å². The molecule has 3 nitrogen and oxygen atoms in total. The van der Waals surface area contributed by atoms with E-state index in [-0.39, 0.29) is 5.54 Å². The molecule has 0 aromatic heterocycles. The predicted molar refractivity (Wildman–Crippen MR) is 72.1 cm³/mol. The van der Waals surface area contributed by atoms with Crippen LogP contribution in [0.5, 0.6) is 0 Å². The molecule has 0 spiro atoms. The highest BCUT2D eigenvalue weighted by Gasteiger charge is 2.37. The van der Waals surface area contributed by atoms with Crippen LogP contribution in [0.1, 0.15) is 26.2 Å². The van der Waals surface area contributed by atoms with Gasteiger partial charge in [0.05, 0.1) is 0 Å². The van der Waals surface area contributed by atoms with Crippen LogP contribution in [0.15, 0.2) is 0 Å². The number of nitrogens with two attached hydrogens (primary N) is 1. The summed E-state index contributed by atoms with van der Waals surface area (Å²) >= 11 is 1.92. The smallest absolute Gasteiger partial charge is 0.0484 e. The number of ether oxygens (including phenoxy) is 1. The van der Waals surface area contributed by atoms with E-state index in [0.29, 0.717) is 6.04 Å². The van der Waals surface area contributed by atoms with Crippen molar-refractivity contribution in [1.82, 2.24) is 4.90 Å². The zero-order valence-corrected chi connectivity index (χ0v) is 11.7. The number of nitrogens with zero attached hydrogens (tertiary/aromatic N) is 1. The van der Waals surface area contributed by atoms with E-state index in [9.17, 15) is 0 Å². The fourth-order valence-electron chi connectivity index (χ4n) is 2.54. The van der Waals surface area contributed by atoms with Gasteiger partial charge in [-0.2, -0.15) is 11.8 Å². The van der Waals surface area contributed by atoms with Crippen LogP contribution < -0.4 is 5.73 Å². The van der Waals surface area contributed by atoms with E-state index >= 15 is 0 Å². The first-order valence-electron chi connectivity index (χ1n) is 6.20. The summed E-state index contributed by atoms with van der Waals surface area (Å²) in [5, 5.41) is 0. The minimum Gasteiger partial charge on any atom is -0.381 e. The van der Waals surface area contributed by atoms with Crippen molar-refractivity contribution < 1.29 is 4.74 Å².